The normalized spacial score (nSPS) is 12.0. The Morgan fingerprint density at radius 3 is 2.60 bits per heavy atom. The van der Waals surface area contributed by atoms with E-state index in [0.717, 1.165) is 0 Å². The molecule has 1 unspecified atom stereocenters. The molecule has 104 valence electrons. The number of carboxylic acid groups (broad SMARTS) is 1. The van der Waals surface area contributed by atoms with Crippen LogP contribution in [0.15, 0.2) is 45.9 Å². The number of furan rings is 1. The number of carbonyl (C=O) groups is 2. The lowest BCUT2D eigenvalue weighted by molar-refractivity contribution is 0.0656. The smallest absolute Gasteiger partial charge is 0.371 e. The van der Waals surface area contributed by atoms with Crippen LogP contribution in [0.5, 0.6) is 0 Å². The molecular weight excluding hydrogens is 282 g/mol. The van der Waals surface area contributed by atoms with Crippen LogP contribution in [0, 0.1) is 0 Å². The minimum Gasteiger partial charge on any atom is -0.475 e. The number of aromatic carboxylic acids is 1. The number of hydrogen-bond donors (Lipinski definition) is 2. The highest BCUT2D eigenvalue weighted by Gasteiger charge is 2.14. The number of hydrogen-bond acceptors (Lipinski definition) is 4. The fourth-order valence-electron chi connectivity index (χ4n) is 1.59. The molecule has 1 aromatic heterocycles. The quantitative estimate of drug-likeness (QED) is 0.865. The van der Waals surface area contributed by atoms with Crippen LogP contribution in [0.3, 0.4) is 0 Å². The van der Waals surface area contributed by atoms with Gasteiger partial charge in [0.15, 0.2) is 5.09 Å². The maximum atomic E-state index is 12.0. The Hall–Kier alpha value is -2.41. The van der Waals surface area contributed by atoms with Crippen molar-refractivity contribution < 1.29 is 23.3 Å². The molecule has 0 aliphatic rings. The molecule has 0 saturated heterocycles. The van der Waals surface area contributed by atoms with Crippen molar-refractivity contribution in [3.05, 3.63) is 53.3 Å². The third-order valence-electron chi connectivity index (χ3n) is 2.53. The number of rotatable bonds is 5. The van der Waals surface area contributed by atoms with Gasteiger partial charge in [-0.05, 0) is 29.8 Å². The Morgan fingerprint density at radius 2 is 2.00 bits per heavy atom. The van der Waals surface area contributed by atoms with Gasteiger partial charge in [0.1, 0.15) is 0 Å². The summed E-state index contributed by atoms with van der Waals surface area (Å²) < 4.78 is 17.0. The Balaban J connectivity index is 2.16. The van der Waals surface area contributed by atoms with Gasteiger partial charge >= 0.3 is 5.97 Å². The van der Waals surface area contributed by atoms with Gasteiger partial charge in [0.25, 0.3) is 0 Å². The molecule has 2 aromatic rings. The van der Waals surface area contributed by atoms with Crippen molar-refractivity contribution in [2.45, 2.75) is 10.8 Å². The molecule has 1 heterocycles. The van der Waals surface area contributed by atoms with Gasteiger partial charge in [-0.25, -0.2) is 4.79 Å². The molecule has 0 fully saturated rings. The van der Waals surface area contributed by atoms with E-state index in [1.54, 1.807) is 24.3 Å². The summed E-state index contributed by atoms with van der Waals surface area (Å²) in [7, 11) is -1.53. The topological polar surface area (TPSA) is 111 Å². The molecule has 0 aliphatic heterocycles. The first-order chi connectivity index (χ1) is 9.47. The highest BCUT2D eigenvalue weighted by Crippen LogP contribution is 2.16. The zero-order valence-corrected chi connectivity index (χ0v) is 11.1. The lowest BCUT2D eigenvalue weighted by Gasteiger charge is -2.02. The third-order valence-corrected chi connectivity index (χ3v) is 3.79. The Morgan fingerprint density at radius 1 is 1.25 bits per heavy atom. The predicted molar refractivity (Wildman–Crippen MR) is 70.7 cm³/mol. The van der Waals surface area contributed by atoms with E-state index in [2.05, 4.69) is 0 Å². The number of nitrogens with two attached hydrogens (primary N) is 1. The molecule has 2 rings (SSSR count). The summed E-state index contributed by atoms with van der Waals surface area (Å²) in [5.41, 5.74) is 6.13. The predicted octanol–water partition coefficient (Wildman–Crippen LogP) is 1.38. The highest BCUT2D eigenvalue weighted by molar-refractivity contribution is 7.84. The van der Waals surface area contributed by atoms with E-state index in [-0.39, 0.29) is 16.6 Å². The largest absolute Gasteiger partial charge is 0.475 e. The molecule has 1 atom stereocenters. The highest BCUT2D eigenvalue weighted by atomic mass is 32.2. The molecule has 3 N–H and O–H groups in total. The molecular formula is C13H11NO5S. The van der Waals surface area contributed by atoms with E-state index in [1.807, 2.05) is 0 Å². The van der Waals surface area contributed by atoms with Crippen molar-refractivity contribution in [1.29, 1.82) is 0 Å². The van der Waals surface area contributed by atoms with Crippen LogP contribution < -0.4 is 5.73 Å². The number of carbonyl (C=O) groups excluding carboxylic acids is 1. The van der Waals surface area contributed by atoms with E-state index in [4.69, 9.17) is 15.3 Å². The Labute approximate surface area is 116 Å². The number of amides is 1. The van der Waals surface area contributed by atoms with Crippen LogP contribution in [0.1, 0.15) is 26.5 Å². The van der Waals surface area contributed by atoms with Gasteiger partial charge in [0.05, 0.1) is 16.6 Å². The fourth-order valence-corrected chi connectivity index (χ4v) is 2.62. The van der Waals surface area contributed by atoms with Crippen molar-refractivity contribution in [3.8, 4) is 0 Å². The van der Waals surface area contributed by atoms with Crippen molar-refractivity contribution in [2.24, 2.45) is 5.73 Å². The van der Waals surface area contributed by atoms with Crippen LogP contribution in [0.25, 0.3) is 0 Å². The summed E-state index contributed by atoms with van der Waals surface area (Å²) >= 11 is 0. The first kappa shape index (κ1) is 14.0. The molecule has 0 spiro atoms. The summed E-state index contributed by atoms with van der Waals surface area (Å²) in [5.74, 6) is -1.94. The minimum atomic E-state index is -1.53. The first-order valence-electron chi connectivity index (χ1n) is 5.57. The first-order valence-corrected chi connectivity index (χ1v) is 6.89. The number of primary amides is 1. The summed E-state index contributed by atoms with van der Waals surface area (Å²) in [6.07, 6.45) is 0. The maximum absolute atomic E-state index is 12.0. The molecule has 7 heteroatoms. The van der Waals surface area contributed by atoms with Gasteiger partial charge in [0.2, 0.25) is 11.7 Å². The van der Waals surface area contributed by atoms with Crippen molar-refractivity contribution in [2.75, 3.05) is 0 Å². The second kappa shape index (κ2) is 5.70. The summed E-state index contributed by atoms with van der Waals surface area (Å²) in [6, 6.07) is 9.04. The minimum absolute atomic E-state index is 0.0758. The second-order valence-corrected chi connectivity index (χ2v) is 5.36. The van der Waals surface area contributed by atoms with Crippen LogP contribution in [0.2, 0.25) is 0 Å². The van der Waals surface area contributed by atoms with E-state index in [0.29, 0.717) is 11.1 Å². The zero-order chi connectivity index (χ0) is 14.7. The molecule has 1 amide bonds. The van der Waals surface area contributed by atoms with Crippen molar-refractivity contribution in [3.63, 3.8) is 0 Å². The lowest BCUT2D eigenvalue weighted by atomic mass is 10.1. The average molecular weight is 293 g/mol. The van der Waals surface area contributed by atoms with Gasteiger partial charge in [-0.15, -0.1) is 0 Å². The molecule has 0 bridgehead atoms. The molecule has 6 nitrogen and oxygen atoms in total. The third kappa shape index (κ3) is 3.12. The average Bonchev–Trinajstić information content (AvgIpc) is 2.88. The molecule has 0 radical (unpaired) electrons. The van der Waals surface area contributed by atoms with Crippen LogP contribution in [-0.2, 0) is 16.6 Å². The molecule has 0 saturated carbocycles. The van der Waals surface area contributed by atoms with E-state index in [9.17, 15) is 13.8 Å². The molecule has 0 aliphatic carbocycles. The van der Waals surface area contributed by atoms with Crippen LogP contribution >= 0.6 is 0 Å². The van der Waals surface area contributed by atoms with E-state index in [1.165, 1.54) is 12.1 Å². The van der Waals surface area contributed by atoms with Gasteiger partial charge in [0, 0.05) is 5.56 Å². The Kier molecular flexibility index (Phi) is 3.99. The zero-order valence-electron chi connectivity index (χ0n) is 10.2. The summed E-state index contributed by atoms with van der Waals surface area (Å²) in [4.78, 5) is 21.7. The Bertz CT molecular complexity index is 692. The van der Waals surface area contributed by atoms with Crippen molar-refractivity contribution >= 4 is 22.7 Å². The lowest BCUT2D eigenvalue weighted by Crippen LogP contribution is -2.11. The van der Waals surface area contributed by atoms with Crippen LogP contribution in [0.4, 0.5) is 0 Å². The number of carboxylic acids is 1. The van der Waals surface area contributed by atoms with Gasteiger partial charge in [-0.3, -0.25) is 9.00 Å². The van der Waals surface area contributed by atoms with E-state index >= 15 is 0 Å². The molecule has 1 aromatic carbocycles. The molecule has 20 heavy (non-hydrogen) atoms. The van der Waals surface area contributed by atoms with Crippen LogP contribution in [-0.4, -0.2) is 21.2 Å². The second-order valence-electron chi connectivity index (χ2n) is 3.98. The monoisotopic (exact) mass is 293 g/mol. The van der Waals surface area contributed by atoms with Crippen molar-refractivity contribution in [1.82, 2.24) is 0 Å². The maximum Gasteiger partial charge on any atom is 0.371 e. The SMILES string of the molecule is NC(=O)c1cccc(CS(=O)c2ccc(C(=O)O)o2)c1. The fraction of sp³-hybridized carbons (Fsp3) is 0.0769. The van der Waals surface area contributed by atoms with Gasteiger partial charge in [-0.1, -0.05) is 12.1 Å². The summed E-state index contributed by atoms with van der Waals surface area (Å²) in [6.45, 7) is 0. The number of benzene rings is 1. The summed E-state index contributed by atoms with van der Waals surface area (Å²) in [5, 5.41) is 8.80. The van der Waals surface area contributed by atoms with Gasteiger partial charge in [-0.2, -0.15) is 0 Å². The van der Waals surface area contributed by atoms with Gasteiger partial charge < -0.3 is 15.3 Å². The standard InChI is InChI=1S/C13H11NO5S/c14-12(15)9-3-1-2-8(6-9)7-20(18)11-5-4-10(19-11)13(16)17/h1-6H,7H2,(H2,14,15)(H,16,17). The van der Waals surface area contributed by atoms with E-state index < -0.39 is 22.7 Å².